The fourth-order valence-corrected chi connectivity index (χ4v) is 1.93. The molecule has 1 aromatic rings. The molecule has 1 atom stereocenters. The van der Waals surface area contributed by atoms with Gasteiger partial charge in [0.1, 0.15) is 0 Å². The summed E-state index contributed by atoms with van der Waals surface area (Å²) in [6.07, 6.45) is 3.58. The van der Waals surface area contributed by atoms with Crippen LogP contribution in [0.15, 0.2) is 11.6 Å². The molecule has 16 heavy (non-hydrogen) atoms. The number of amides is 1. The lowest BCUT2D eigenvalue weighted by atomic mass is 10.1. The average Bonchev–Trinajstić information content (AvgIpc) is 2.53. The first-order chi connectivity index (χ1) is 6.86. The first-order valence-corrected chi connectivity index (χ1v) is 5.64. The molecule has 2 heterocycles. The molecule has 1 aromatic heterocycles. The summed E-state index contributed by atoms with van der Waals surface area (Å²) in [5, 5.41) is 8.98. The van der Waals surface area contributed by atoms with Gasteiger partial charge >= 0.3 is 0 Å². The molecule has 1 fully saturated rings. The number of halogens is 2. The van der Waals surface area contributed by atoms with Gasteiger partial charge in [-0.3, -0.25) is 4.79 Å². The van der Waals surface area contributed by atoms with E-state index >= 15 is 0 Å². The van der Waals surface area contributed by atoms with E-state index in [0.717, 1.165) is 24.4 Å². The van der Waals surface area contributed by atoms with E-state index in [1.165, 1.54) is 0 Å². The van der Waals surface area contributed by atoms with Crippen molar-refractivity contribution < 1.29 is 4.79 Å². The van der Waals surface area contributed by atoms with Crippen molar-refractivity contribution in [3.05, 3.63) is 16.6 Å². The number of nitrogens with one attached hydrogen (secondary N) is 2. The number of thiazole rings is 1. The quantitative estimate of drug-likeness (QED) is 0.867. The van der Waals surface area contributed by atoms with Crippen LogP contribution in [0.4, 0.5) is 0 Å². The van der Waals surface area contributed by atoms with Crippen molar-refractivity contribution in [2.45, 2.75) is 18.9 Å². The molecule has 0 radical (unpaired) electrons. The molecule has 1 aliphatic heterocycles. The highest BCUT2D eigenvalue weighted by Gasteiger charge is 2.23. The second-order valence-electron chi connectivity index (χ2n) is 3.26. The molecular formula is C9H15Cl2N3OS. The monoisotopic (exact) mass is 283 g/mol. The Kier molecular flexibility index (Phi) is 7.66. The SMILES string of the molecule is Cl.Cl.O=C(NCCc1nccs1)[C@H]1CCN1. The maximum Gasteiger partial charge on any atom is 0.237 e. The van der Waals surface area contributed by atoms with E-state index in [9.17, 15) is 4.79 Å². The third-order valence-electron chi connectivity index (χ3n) is 2.26. The molecule has 0 bridgehead atoms. The van der Waals surface area contributed by atoms with Crippen LogP contribution in [0.1, 0.15) is 11.4 Å². The van der Waals surface area contributed by atoms with Gasteiger partial charge in [0.25, 0.3) is 0 Å². The van der Waals surface area contributed by atoms with Crippen molar-refractivity contribution in [2.75, 3.05) is 13.1 Å². The van der Waals surface area contributed by atoms with Crippen LogP contribution in [0.5, 0.6) is 0 Å². The molecule has 92 valence electrons. The molecule has 1 aliphatic rings. The maximum atomic E-state index is 11.4. The largest absolute Gasteiger partial charge is 0.354 e. The van der Waals surface area contributed by atoms with E-state index < -0.39 is 0 Å². The van der Waals surface area contributed by atoms with E-state index in [1.54, 1.807) is 17.5 Å². The molecule has 1 saturated heterocycles. The van der Waals surface area contributed by atoms with Gasteiger partial charge in [0.15, 0.2) is 0 Å². The molecule has 0 saturated carbocycles. The zero-order chi connectivity index (χ0) is 9.80. The maximum absolute atomic E-state index is 11.4. The minimum Gasteiger partial charge on any atom is -0.354 e. The van der Waals surface area contributed by atoms with Gasteiger partial charge in [-0.15, -0.1) is 36.2 Å². The lowest BCUT2D eigenvalue weighted by Gasteiger charge is -2.26. The smallest absolute Gasteiger partial charge is 0.237 e. The van der Waals surface area contributed by atoms with Gasteiger partial charge in [0, 0.05) is 24.5 Å². The predicted octanol–water partition coefficient (Wildman–Crippen LogP) is 1.01. The first kappa shape index (κ1) is 15.6. The minimum atomic E-state index is 0. The van der Waals surface area contributed by atoms with Crippen LogP contribution in [0, 0.1) is 0 Å². The Morgan fingerprint density at radius 3 is 2.88 bits per heavy atom. The molecule has 2 rings (SSSR count). The molecule has 4 nitrogen and oxygen atoms in total. The van der Waals surface area contributed by atoms with E-state index in [0.29, 0.717) is 6.54 Å². The lowest BCUT2D eigenvalue weighted by Crippen LogP contribution is -2.53. The standard InChI is InChI=1S/C9H13N3OS.2ClH/c13-9(7-1-3-10-7)12-4-2-8-11-5-6-14-8;;/h5-7,10H,1-4H2,(H,12,13);2*1H/t7-;;/m1../s1. The van der Waals surface area contributed by atoms with Crippen LogP contribution >= 0.6 is 36.2 Å². The van der Waals surface area contributed by atoms with Crippen LogP contribution in [-0.4, -0.2) is 30.0 Å². The number of carbonyl (C=O) groups is 1. The van der Waals surface area contributed by atoms with Gasteiger partial charge in [-0.05, 0) is 13.0 Å². The molecule has 0 unspecified atom stereocenters. The summed E-state index contributed by atoms with van der Waals surface area (Å²) in [7, 11) is 0. The van der Waals surface area contributed by atoms with Gasteiger partial charge in [-0.2, -0.15) is 0 Å². The van der Waals surface area contributed by atoms with E-state index in [2.05, 4.69) is 15.6 Å². The van der Waals surface area contributed by atoms with E-state index in [-0.39, 0.29) is 36.8 Å². The highest BCUT2D eigenvalue weighted by atomic mass is 35.5. The molecular weight excluding hydrogens is 269 g/mol. The number of nitrogens with zero attached hydrogens (tertiary/aromatic N) is 1. The lowest BCUT2D eigenvalue weighted by molar-refractivity contribution is -0.124. The third-order valence-corrected chi connectivity index (χ3v) is 3.10. The number of aromatic nitrogens is 1. The Labute approximate surface area is 111 Å². The second kappa shape index (κ2) is 7.84. The van der Waals surface area contributed by atoms with E-state index in [4.69, 9.17) is 0 Å². The normalized spacial score (nSPS) is 17.6. The van der Waals surface area contributed by atoms with Crippen LogP contribution in [0.2, 0.25) is 0 Å². The summed E-state index contributed by atoms with van der Waals surface area (Å²) in [5.74, 6) is 0.118. The van der Waals surface area contributed by atoms with Crippen LogP contribution < -0.4 is 10.6 Å². The summed E-state index contributed by atoms with van der Waals surface area (Å²) in [6, 6.07) is 0.0475. The molecule has 7 heteroatoms. The zero-order valence-corrected chi connectivity index (χ0v) is 11.1. The van der Waals surface area contributed by atoms with Gasteiger partial charge in [0.2, 0.25) is 5.91 Å². The van der Waals surface area contributed by atoms with Crippen molar-refractivity contribution >= 4 is 42.1 Å². The fraction of sp³-hybridized carbons (Fsp3) is 0.556. The van der Waals surface area contributed by atoms with Gasteiger partial charge < -0.3 is 10.6 Å². The molecule has 0 spiro atoms. The van der Waals surface area contributed by atoms with Crippen LogP contribution in [0.25, 0.3) is 0 Å². The molecule has 1 amide bonds. The minimum absolute atomic E-state index is 0. The van der Waals surface area contributed by atoms with Gasteiger partial charge in [0.05, 0.1) is 11.0 Å². The summed E-state index contributed by atoms with van der Waals surface area (Å²) >= 11 is 1.62. The first-order valence-electron chi connectivity index (χ1n) is 4.76. The third kappa shape index (κ3) is 4.25. The number of hydrogen-bond acceptors (Lipinski definition) is 4. The van der Waals surface area contributed by atoms with Crippen LogP contribution in [0.3, 0.4) is 0 Å². The Hall–Kier alpha value is -0.360. The van der Waals surface area contributed by atoms with Crippen LogP contribution in [-0.2, 0) is 11.2 Å². The Bertz CT molecular complexity index is 304. The summed E-state index contributed by atoms with van der Waals surface area (Å²) in [4.78, 5) is 15.5. The number of hydrogen-bond donors (Lipinski definition) is 2. The molecule has 0 aromatic carbocycles. The summed E-state index contributed by atoms with van der Waals surface area (Å²) in [6.45, 7) is 1.65. The molecule has 2 N–H and O–H groups in total. The number of rotatable bonds is 4. The average molecular weight is 284 g/mol. The molecule has 0 aliphatic carbocycles. The van der Waals surface area contributed by atoms with E-state index in [1.807, 2.05) is 5.38 Å². The topological polar surface area (TPSA) is 54.0 Å². The Balaban J connectivity index is 0.00000112. The van der Waals surface area contributed by atoms with Gasteiger partial charge in [-0.25, -0.2) is 4.98 Å². The summed E-state index contributed by atoms with van der Waals surface area (Å²) in [5.41, 5.74) is 0. The number of carbonyl (C=O) groups excluding carboxylic acids is 1. The Morgan fingerprint density at radius 2 is 2.38 bits per heavy atom. The van der Waals surface area contributed by atoms with Crippen molar-refractivity contribution in [3.63, 3.8) is 0 Å². The van der Waals surface area contributed by atoms with Crippen molar-refractivity contribution in [3.8, 4) is 0 Å². The van der Waals surface area contributed by atoms with Crippen molar-refractivity contribution in [2.24, 2.45) is 0 Å². The highest BCUT2D eigenvalue weighted by Crippen LogP contribution is 2.04. The zero-order valence-electron chi connectivity index (χ0n) is 8.64. The fourth-order valence-electron chi connectivity index (χ4n) is 1.30. The van der Waals surface area contributed by atoms with Crippen molar-refractivity contribution in [1.82, 2.24) is 15.6 Å². The Morgan fingerprint density at radius 1 is 1.62 bits per heavy atom. The van der Waals surface area contributed by atoms with Crippen molar-refractivity contribution in [1.29, 1.82) is 0 Å². The predicted molar refractivity (Wildman–Crippen MR) is 69.7 cm³/mol. The second-order valence-corrected chi connectivity index (χ2v) is 4.24. The highest BCUT2D eigenvalue weighted by molar-refractivity contribution is 7.09. The van der Waals surface area contributed by atoms with Gasteiger partial charge in [-0.1, -0.05) is 0 Å². The summed E-state index contributed by atoms with van der Waals surface area (Å²) < 4.78 is 0.